The maximum Gasteiger partial charge on any atom is 0.321 e. The van der Waals surface area contributed by atoms with Gasteiger partial charge in [-0.25, -0.2) is 4.79 Å². The number of ketones is 1. The molecule has 0 radical (unpaired) electrons. The lowest BCUT2D eigenvalue weighted by atomic mass is 9.84. The number of fused-ring (bicyclic) bond motifs is 5. The average molecular weight is 544 g/mol. The van der Waals surface area contributed by atoms with Crippen LogP contribution < -0.4 is 15.5 Å². The number of aliphatic imine (C=N–C) groups is 1. The van der Waals surface area contributed by atoms with Crippen LogP contribution >= 0.6 is 0 Å². The zero-order valence-corrected chi connectivity index (χ0v) is 23.4. The molecule has 9 heteroatoms. The summed E-state index contributed by atoms with van der Waals surface area (Å²) in [4.78, 5) is 60.6. The Bertz CT molecular complexity index is 1330. The SMILES string of the molecule is CC(=O)c1cccc(NC(=O)N[C@@H]2N=C(C(C)C)c3ccccc3N(CC(=O)N3CC4CCC(CC4)C3)C2=O)c1. The van der Waals surface area contributed by atoms with Crippen molar-refractivity contribution in [2.24, 2.45) is 22.7 Å². The molecule has 9 nitrogen and oxygen atoms in total. The highest BCUT2D eigenvalue weighted by atomic mass is 16.2. The molecular formula is C31H37N5O4. The van der Waals surface area contributed by atoms with E-state index in [-0.39, 0.29) is 24.2 Å². The summed E-state index contributed by atoms with van der Waals surface area (Å²) in [5.41, 5.74) is 2.95. The number of hydrogen-bond acceptors (Lipinski definition) is 5. The zero-order chi connectivity index (χ0) is 28.4. The van der Waals surface area contributed by atoms with Crippen molar-refractivity contribution < 1.29 is 19.2 Å². The minimum absolute atomic E-state index is 0.0366. The van der Waals surface area contributed by atoms with Crippen molar-refractivity contribution in [1.82, 2.24) is 10.2 Å². The zero-order valence-electron chi connectivity index (χ0n) is 23.4. The van der Waals surface area contributed by atoms with Crippen molar-refractivity contribution >= 4 is 40.7 Å². The molecule has 2 bridgehead atoms. The molecular weight excluding hydrogens is 506 g/mol. The van der Waals surface area contributed by atoms with Crippen molar-refractivity contribution in [2.45, 2.75) is 52.6 Å². The van der Waals surface area contributed by atoms with E-state index in [1.165, 1.54) is 11.8 Å². The smallest absolute Gasteiger partial charge is 0.321 e. The molecule has 4 amide bonds. The summed E-state index contributed by atoms with van der Waals surface area (Å²) in [5.74, 6) is 0.326. The third kappa shape index (κ3) is 5.93. The molecule has 2 N–H and O–H groups in total. The second-order valence-corrected chi connectivity index (χ2v) is 11.4. The lowest BCUT2D eigenvalue weighted by molar-refractivity contribution is -0.132. The Morgan fingerprint density at radius 2 is 1.65 bits per heavy atom. The van der Waals surface area contributed by atoms with Crippen molar-refractivity contribution in [3.63, 3.8) is 0 Å². The topological polar surface area (TPSA) is 111 Å². The van der Waals surface area contributed by atoms with Crippen LogP contribution in [0, 0.1) is 17.8 Å². The molecule has 4 aliphatic rings. The van der Waals surface area contributed by atoms with Crippen molar-refractivity contribution in [1.29, 1.82) is 0 Å². The van der Waals surface area contributed by atoms with Gasteiger partial charge in [0.05, 0.1) is 5.69 Å². The maximum atomic E-state index is 14.0. The number of nitrogens with one attached hydrogen (secondary N) is 2. The summed E-state index contributed by atoms with van der Waals surface area (Å²) in [6, 6.07) is 13.4. The molecule has 0 unspecified atom stereocenters. The normalized spacial score (nSPS) is 22.2. The number of Topliss-reactive ketones (excluding diaryl/α,β-unsaturated/α-hetero) is 1. The number of rotatable bonds is 6. The molecule has 210 valence electrons. The first kappa shape index (κ1) is 27.6. The number of urea groups is 1. The second-order valence-electron chi connectivity index (χ2n) is 11.4. The highest BCUT2D eigenvalue weighted by Gasteiger charge is 2.37. The number of anilines is 2. The molecule has 3 heterocycles. The fourth-order valence-corrected chi connectivity index (χ4v) is 6.01. The van der Waals surface area contributed by atoms with Crippen LogP contribution in [-0.4, -0.2) is 60.0 Å². The fraction of sp³-hybridized carbons (Fsp3) is 0.452. The van der Waals surface area contributed by atoms with E-state index < -0.39 is 18.1 Å². The number of carbonyl (C=O) groups excluding carboxylic acids is 4. The van der Waals surface area contributed by atoms with Crippen LogP contribution in [0.1, 0.15) is 62.4 Å². The lowest BCUT2D eigenvalue weighted by Crippen LogP contribution is -2.52. The third-order valence-electron chi connectivity index (χ3n) is 8.15. The minimum Gasteiger partial charge on any atom is -0.341 e. The van der Waals surface area contributed by atoms with Crippen LogP contribution in [0.15, 0.2) is 53.5 Å². The third-order valence-corrected chi connectivity index (χ3v) is 8.15. The van der Waals surface area contributed by atoms with E-state index in [0.717, 1.165) is 44.3 Å². The largest absolute Gasteiger partial charge is 0.341 e. The maximum absolute atomic E-state index is 14.0. The van der Waals surface area contributed by atoms with Crippen LogP contribution in [0.2, 0.25) is 0 Å². The Morgan fingerprint density at radius 3 is 2.30 bits per heavy atom. The van der Waals surface area contributed by atoms with E-state index >= 15 is 0 Å². The van der Waals surface area contributed by atoms with Crippen molar-refractivity contribution in [2.75, 3.05) is 29.9 Å². The van der Waals surface area contributed by atoms with Gasteiger partial charge in [-0.15, -0.1) is 0 Å². The summed E-state index contributed by atoms with van der Waals surface area (Å²) in [6.07, 6.45) is 3.39. The molecule has 2 aromatic carbocycles. The monoisotopic (exact) mass is 543 g/mol. The molecule has 3 fully saturated rings. The van der Waals surface area contributed by atoms with Gasteiger partial charge in [-0.05, 0) is 68.6 Å². The van der Waals surface area contributed by atoms with Crippen LogP contribution in [0.4, 0.5) is 16.2 Å². The van der Waals surface area contributed by atoms with E-state index in [2.05, 4.69) is 10.6 Å². The minimum atomic E-state index is -1.23. The number of nitrogens with zero attached hydrogens (tertiary/aromatic N) is 3. The molecule has 3 aliphatic heterocycles. The standard InChI is InChI=1S/C31H37N5O4/c1-19(2)28-25-9-4-5-10-26(25)36(18-27(38)35-16-21-11-12-22(17-35)14-13-21)30(39)29(33-28)34-31(40)32-24-8-6-7-23(15-24)20(3)37/h4-10,15,19,21-22,29H,11-14,16-18H2,1-3H3,(H2,32,34,40)/t21?,22?,29-/m0/s1. The molecule has 6 rings (SSSR count). The van der Waals surface area contributed by atoms with Crippen LogP contribution in [0.3, 0.4) is 0 Å². The summed E-state index contributed by atoms with van der Waals surface area (Å²) < 4.78 is 0. The van der Waals surface area contributed by atoms with Gasteiger partial charge in [-0.2, -0.15) is 0 Å². The predicted octanol–water partition coefficient (Wildman–Crippen LogP) is 4.48. The Hall–Kier alpha value is -4.01. The lowest BCUT2D eigenvalue weighted by Gasteiger charge is -2.29. The van der Waals surface area contributed by atoms with Gasteiger partial charge in [0, 0.05) is 35.6 Å². The van der Waals surface area contributed by atoms with Gasteiger partial charge < -0.3 is 15.5 Å². The molecule has 0 spiro atoms. The quantitative estimate of drug-likeness (QED) is 0.524. The number of hydrogen-bond donors (Lipinski definition) is 2. The summed E-state index contributed by atoms with van der Waals surface area (Å²) in [5, 5.41) is 5.41. The van der Waals surface area contributed by atoms with Crippen molar-refractivity contribution in [3.8, 4) is 0 Å². The first-order chi connectivity index (χ1) is 19.2. The van der Waals surface area contributed by atoms with Gasteiger partial charge in [0.2, 0.25) is 12.1 Å². The first-order valence-corrected chi connectivity index (χ1v) is 14.1. The van der Waals surface area contributed by atoms with Gasteiger partial charge in [0.1, 0.15) is 6.54 Å². The Morgan fingerprint density at radius 1 is 0.975 bits per heavy atom. The fourth-order valence-electron chi connectivity index (χ4n) is 6.01. The Balaban J connectivity index is 1.41. The molecule has 1 aliphatic carbocycles. The number of benzodiazepines with no additional fused rings is 1. The number of para-hydroxylation sites is 1. The second kappa shape index (κ2) is 11.6. The van der Waals surface area contributed by atoms with Gasteiger partial charge in [-0.3, -0.25) is 24.3 Å². The van der Waals surface area contributed by atoms with E-state index in [1.807, 2.05) is 43.0 Å². The van der Waals surface area contributed by atoms with Gasteiger partial charge in [0.25, 0.3) is 5.91 Å². The average Bonchev–Trinajstić information content (AvgIpc) is 3.32. The molecule has 1 saturated carbocycles. The van der Waals surface area contributed by atoms with E-state index in [9.17, 15) is 19.2 Å². The van der Waals surface area contributed by atoms with E-state index in [1.54, 1.807) is 24.3 Å². The molecule has 1 atom stereocenters. The van der Waals surface area contributed by atoms with Gasteiger partial charge in [0.15, 0.2) is 5.78 Å². The summed E-state index contributed by atoms with van der Waals surface area (Å²) in [7, 11) is 0. The number of carbonyl (C=O) groups is 4. The molecule has 0 aromatic heterocycles. The highest BCUT2D eigenvalue weighted by Crippen LogP contribution is 2.34. The number of benzene rings is 2. The van der Waals surface area contributed by atoms with Crippen molar-refractivity contribution in [3.05, 3.63) is 59.7 Å². The van der Waals surface area contributed by atoms with E-state index in [4.69, 9.17) is 4.99 Å². The Labute approximate surface area is 235 Å². The predicted molar refractivity (Wildman–Crippen MR) is 155 cm³/mol. The van der Waals surface area contributed by atoms with Gasteiger partial charge >= 0.3 is 6.03 Å². The van der Waals surface area contributed by atoms with Crippen LogP contribution in [0.5, 0.6) is 0 Å². The highest BCUT2D eigenvalue weighted by molar-refractivity contribution is 6.15. The first-order valence-electron chi connectivity index (χ1n) is 14.1. The summed E-state index contributed by atoms with van der Waals surface area (Å²) in [6.45, 7) is 6.77. The number of amides is 4. The summed E-state index contributed by atoms with van der Waals surface area (Å²) >= 11 is 0. The molecule has 2 saturated heterocycles. The molecule has 2 aromatic rings. The van der Waals surface area contributed by atoms with Gasteiger partial charge in [-0.1, -0.05) is 44.2 Å². The molecule has 40 heavy (non-hydrogen) atoms. The Kier molecular flexibility index (Phi) is 8.00. The van der Waals surface area contributed by atoms with E-state index in [0.29, 0.717) is 34.5 Å². The van der Waals surface area contributed by atoms with Crippen LogP contribution in [-0.2, 0) is 9.59 Å². The van der Waals surface area contributed by atoms with Crippen LogP contribution in [0.25, 0.3) is 0 Å².